The van der Waals surface area contributed by atoms with Gasteiger partial charge in [-0.05, 0) is 38.0 Å². The Bertz CT molecular complexity index is 1290. The first-order valence-corrected chi connectivity index (χ1v) is 11.9. The second-order valence-corrected chi connectivity index (χ2v) is 9.33. The predicted molar refractivity (Wildman–Crippen MR) is 129 cm³/mol. The molecule has 0 radical (unpaired) electrons. The Morgan fingerprint density at radius 2 is 1.84 bits per heavy atom. The van der Waals surface area contributed by atoms with Gasteiger partial charge in [-0.15, -0.1) is 11.3 Å². The number of hydrogen-bond acceptors (Lipinski definition) is 5. The predicted octanol–water partition coefficient (Wildman–Crippen LogP) is 5.04. The largest absolute Gasteiger partial charge is 0.353 e. The Hall–Kier alpha value is -2.90. The van der Waals surface area contributed by atoms with Crippen LogP contribution in [0.25, 0.3) is 27.0 Å². The quantitative estimate of drug-likeness (QED) is 0.331. The molecule has 4 aromatic rings. The molecule has 7 heteroatoms. The normalized spacial score (nSPS) is 11.2. The molecule has 0 fully saturated rings. The minimum absolute atomic E-state index is 0.0628. The molecule has 0 aliphatic rings. The summed E-state index contributed by atoms with van der Waals surface area (Å²) in [6.45, 7) is 5.82. The number of para-hydroxylation sites is 1. The lowest BCUT2D eigenvalue weighted by Gasteiger charge is -2.15. The van der Waals surface area contributed by atoms with Gasteiger partial charge in [-0.2, -0.15) is 0 Å². The average Bonchev–Trinajstić information content (AvgIpc) is 3.18. The smallest absolute Gasteiger partial charge is 0.268 e. The van der Waals surface area contributed by atoms with Crippen molar-refractivity contribution >= 4 is 39.2 Å². The van der Waals surface area contributed by atoms with Gasteiger partial charge in [-0.1, -0.05) is 60.3 Å². The van der Waals surface area contributed by atoms with E-state index in [2.05, 4.69) is 5.32 Å². The molecular formula is C24H23N3O2S2. The summed E-state index contributed by atoms with van der Waals surface area (Å²) in [5.74, 6) is 0.112. The summed E-state index contributed by atoms with van der Waals surface area (Å²) in [7, 11) is 0. The van der Waals surface area contributed by atoms with Crippen LogP contribution in [-0.2, 0) is 4.79 Å². The molecule has 0 unspecified atom stereocenters. The van der Waals surface area contributed by atoms with Gasteiger partial charge in [-0.25, -0.2) is 4.98 Å². The topological polar surface area (TPSA) is 64.0 Å². The number of hydrogen-bond donors (Lipinski definition) is 1. The first kappa shape index (κ1) is 21.3. The highest BCUT2D eigenvalue weighted by molar-refractivity contribution is 7.99. The molecule has 2 aromatic heterocycles. The van der Waals surface area contributed by atoms with E-state index in [1.165, 1.54) is 23.1 Å². The molecule has 0 saturated carbocycles. The van der Waals surface area contributed by atoms with Crippen LogP contribution < -0.4 is 10.9 Å². The summed E-state index contributed by atoms with van der Waals surface area (Å²) < 4.78 is 1.64. The number of nitrogens with zero attached hydrogens (tertiary/aromatic N) is 2. The van der Waals surface area contributed by atoms with Crippen LogP contribution >= 0.6 is 23.1 Å². The van der Waals surface area contributed by atoms with Crippen molar-refractivity contribution in [3.05, 3.63) is 75.9 Å². The van der Waals surface area contributed by atoms with Gasteiger partial charge in [-0.3, -0.25) is 14.2 Å². The number of thioether (sulfide) groups is 1. The molecule has 5 nitrogen and oxygen atoms in total. The standard InChI is InChI=1S/C24H23N3O2S2/c1-15(2)25-20(28)14-31-24-26-22-21(18(13-30-22)17-10-5-4-6-11-17)23(29)27(24)19-12-8-7-9-16(19)3/h4-13,15H,14H2,1-3H3,(H,25,28). The summed E-state index contributed by atoms with van der Waals surface area (Å²) in [5.41, 5.74) is 3.50. The third kappa shape index (κ3) is 4.43. The maximum Gasteiger partial charge on any atom is 0.268 e. The van der Waals surface area contributed by atoms with E-state index in [1.54, 1.807) is 4.57 Å². The fraction of sp³-hybridized carbons (Fsp3) is 0.208. The Morgan fingerprint density at radius 1 is 1.13 bits per heavy atom. The molecule has 0 aliphatic heterocycles. The van der Waals surface area contributed by atoms with Crippen LogP contribution in [0.4, 0.5) is 0 Å². The van der Waals surface area contributed by atoms with Crippen molar-refractivity contribution < 1.29 is 4.79 Å². The van der Waals surface area contributed by atoms with Crippen molar-refractivity contribution in [3.8, 4) is 16.8 Å². The van der Waals surface area contributed by atoms with Crippen molar-refractivity contribution in [2.75, 3.05) is 5.75 Å². The number of fused-ring (bicyclic) bond motifs is 1. The molecular weight excluding hydrogens is 426 g/mol. The molecule has 4 rings (SSSR count). The maximum atomic E-state index is 13.8. The summed E-state index contributed by atoms with van der Waals surface area (Å²) in [6, 6.07) is 17.7. The zero-order chi connectivity index (χ0) is 22.0. The van der Waals surface area contributed by atoms with E-state index in [1.807, 2.05) is 80.7 Å². The highest BCUT2D eigenvalue weighted by Crippen LogP contribution is 2.33. The van der Waals surface area contributed by atoms with Crippen molar-refractivity contribution in [2.45, 2.75) is 32.0 Å². The van der Waals surface area contributed by atoms with Crippen LogP contribution in [-0.4, -0.2) is 27.3 Å². The number of carbonyl (C=O) groups is 1. The maximum absolute atomic E-state index is 13.8. The SMILES string of the molecule is Cc1ccccc1-n1c(SCC(=O)NC(C)C)nc2scc(-c3ccccc3)c2c1=O. The number of amides is 1. The zero-order valence-electron chi connectivity index (χ0n) is 17.6. The summed E-state index contributed by atoms with van der Waals surface area (Å²) in [4.78, 5) is 31.5. The van der Waals surface area contributed by atoms with Crippen LogP contribution in [0.15, 0.2) is 69.9 Å². The van der Waals surface area contributed by atoms with Crippen LogP contribution in [0.3, 0.4) is 0 Å². The number of rotatable bonds is 6. The molecule has 1 N–H and O–H groups in total. The molecule has 0 atom stereocenters. The molecule has 0 spiro atoms. The van der Waals surface area contributed by atoms with Gasteiger partial charge < -0.3 is 5.32 Å². The van der Waals surface area contributed by atoms with Gasteiger partial charge in [0, 0.05) is 17.0 Å². The fourth-order valence-corrected chi connectivity index (χ4v) is 5.22. The van der Waals surface area contributed by atoms with E-state index in [-0.39, 0.29) is 23.3 Å². The van der Waals surface area contributed by atoms with Crippen LogP contribution in [0.5, 0.6) is 0 Å². The molecule has 0 bridgehead atoms. The van der Waals surface area contributed by atoms with Gasteiger partial charge in [0.2, 0.25) is 5.91 Å². The number of aryl methyl sites for hydroxylation is 1. The first-order chi connectivity index (χ1) is 15.0. The number of carbonyl (C=O) groups excluding carboxylic acids is 1. The molecule has 31 heavy (non-hydrogen) atoms. The van der Waals surface area contributed by atoms with Gasteiger partial charge in [0.15, 0.2) is 5.16 Å². The van der Waals surface area contributed by atoms with E-state index in [9.17, 15) is 9.59 Å². The Morgan fingerprint density at radius 3 is 2.55 bits per heavy atom. The van der Waals surface area contributed by atoms with E-state index in [0.29, 0.717) is 15.4 Å². The van der Waals surface area contributed by atoms with Crippen molar-refractivity contribution in [1.82, 2.24) is 14.9 Å². The second-order valence-electron chi connectivity index (χ2n) is 7.53. The monoisotopic (exact) mass is 449 g/mol. The Labute approximate surface area is 189 Å². The number of aromatic nitrogens is 2. The lowest BCUT2D eigenvalue weighted by Crippen LogP contribution is -2.32. The number of thiophene rings is 1. The van der Waals surface area contributed by atoms with E-state index in [4.69, 9.17) is 4.98 Å². The van der Waals surface area contributed by atoms with Crippen molar-refractivity contribution in [2.24, 2.45) is 0 Å². The van der Waals surface area contributed by atoms with Gasteiger partial charge >= 0.3 is 0 Å². The van der Waals surface area contributed by atoms with E-state index >= 15 is 0 Å². The third-order valence-electron chi connectivity index (χ3n) is 4.80. The Balaban J connectivity index is 1.89. The van der Waals surface area contributed by atoms with Crippen LogP contribution in [0.1, 0.15) is 19.4 Å². The number of nitrogens with one attached hydrogen (secondary N) is 1. The zero-order valence-corrected chi connectivity index (χ0v) is 19.2. The molecule has 2 aromatic carbocycles. The highest BCUT2D eigenvalue weighted by atomic mass is 32.2. The van der Waals surface area contributed by atoms with Crippen molar-refractivity contribution in [3.63, 3.8) is 0 Å². The summed E-state index contributed by atoms with van der Waals surface area (Å²) in [5, 5.41) is 6.00. The fourth-order valence-electron chi connectivity index (χ4n) is 3.42. The Kier molecular flexibility index (Phi) is 6.25. The molecule has 158 valence electrons. The first-order valence-electron chi connectivity index (χ1n) is 10.0. The van der Waals surface area contributed by atoms with Crippen molar-refractivity contribution in [1.29, 1.82) is 0 Å². The minimum atomic E-state index is -0.119. The lowest BCUT2D eigenvalue weighted by molar-refractivity contribution is -0.119. The summed E-state index contributed by atoms with van der Waals surface area (Å²) >= 11 is 2.73. The summed E-state index contributed by atoms with van der Waals surface area (Å²) in [6.07, 6.45) is 0. The second kappa shape index (κ2) is 9.08. The average molecular weight is 450 g/mol. The highest BCUT2D eigenvalue weighted by Gasteiger charge is 2.20. The lowest BCUT2D eigenvalue weighted by atomic mass is 10.1. The minimum Gasteiger partial charge on any atom is -0.353 e. The van der Waals surface area contributed by atoms with Crippen LogP contribution in [0, 0.1) is 6.92 Å². The third-order valence-corrected chi connectivity index (χ3v) is 6.61. The van der Waals surface area contributed by atoms with Crippen LogP contribution in [0.2, 0.25) is 0 Å². The van der Waals surface area contributed by atoms with Gasteiger partial charge in [0.25, 0.3) is 5.56 Å². The molecule has 0 saturated heterocycles. The molecule has 0 aliphatic carbocycles. The van der Waals surface area contributed by atoms with Gasteiger partial charge in [0.1, 0.15) is 4.83 Å². The molecule has 2 heterocycles. The van der Waals surface area contributed by atoms with Gasteiger partial charge in [0.05, 0.1) is 16.8 Å². The molecule has 1 amide bonds. The number of benzene rings is 2. The van der Waals surface area contributed by atoms with E-state index in [0.717, 1.165) is 22.4 Å². The van der Waals surface area contributed by atoms with E-state index < -0.39 is 0 Å².